The molecule has 1 aromatic carbocycles. The molecule has 19 heavy (non-hydrogen) atoms. The average Bonchev–Trinajstić information content (AvgIpc) is 2.63. The Labute approximate surface area is 138 Å². The van der Waals surface area contributed by atoms with Crippen molar-refractivity contribution in [2.75, 3.05) is 0 Å². The standard InChI is InChI=1S/C15H19ClFIS/c1-8-4-5-11(14(17)13(8)16)6-7-12-9(2)15(18)10(3)19-12/h4-5,9-10,12,15H,6-7H2,1-3H3/t9-,10?,12?,15?/m1/s1. The summed E-state index contributed by atoms with van der Waals surface area (Å²) in [5.74, 6) is 0.473. The number of halogens is 3. The molecule has 1 aliphatic rings. The van der Waals surface area contributed by atoms with E-state index in [4.69, 9.17) is 11.6 Å². The van der Waals surface area contributed by atoms with Gasteiger partial charge in [0.05, 0.1) is 5.02 Å². The highest BCUT2D eigenvalue weighted by Gasteiger charge is 2.36. The normalized spacial score (nSPS) is 30.8. The van der Waals surface area contributed by atoms with Gasteiger partial charge in [0.25, 0.3) is 0 Å². The molecule has 4 heteroatoms. The van der Waals surface area contributed by atoms with E-state index in [9.17, 15) is 4.39 Å². The van der Waals surface area contributed by atoms with Crippen LogP contribution in [0.5, 0.6) is 0 Å². The monoisotopic (exact) mass is 412 g/mol. The van der Waals surface area contributed by atoms with Gasteiger partial charge in [0.2, 0.25) is 0 Å². The van der Waals surface area contributed by atoms with Crippen molar-refractivity contribution >= 4 is 46.0 Å². The van der Waals surface area contributed by atoms with E-state index in [1.807, 2.05) is 19.1 Å². The number of alkyl halides is 1. The van der Waals surface area contributed by atoms with Crippen LogP contribution in [0.15, 0.2) is 12.1 Å². The van der Waals surface area contributed by atoms with Crippen LogP contribution in [0.4, 0.5) is 4.39 Å². The van der Waals surface area contributed by atoms with E-state index < -0.39 is 0 Å². The smallest absolute Gasteiger partial charge is 0.145 e. The van der Waals surface area contributed by atoms with Crippen LogP contribution in [0.25, 0.3) is 0 Å². The first kappa shape index (κ1) is 15.9. The fourth-order valence-electron chi connectivity index (χ4n) is 2.62. The van der Waals surface area contributed by atoms with Crippen molar-refractivity contribution in [3.05, 3.63) is 34.1 Å². The number of rotatable bonds is 3. The summed E-state index contributed by atoms with van der Waals surface area (Å²) in [6, 6.07) is 3.79. The van der Waals surface area contributed by atoms with Gasteiger partial charge in [0.15, 0.2) is 0 Å². The Balaban J connectivity index is 2.02. The number of thioether (sulfide) groups is 1. The van der Waals surface area contributed by atoms with E-state index in [2.05, 4.69) is 48.2 Å². The molecule has 0 nitrogen and oxygen atoms in total. The van der Waals surface area contributed by atoms with Crippen molar-refractivity contribution in [1.82, 2.24) is 0 Å². The minimum atomic E-state index is -0.226. The minimum absolute atomic E-state index is 0.226. The van der Waals surface area contributed by atoms with Crippen molar-refractivity contribution in [2.24, 2.45) is 5.92 Å². The molecule has 0 saturated carbocycles. The summed E-state index contributed by atoms with van der Waals surface area (Å²) in [7, 11) is 0. The molecule has 0 N–H and O–H groups in total. The maximum Gasteiger partial charge on any atom is 0.145 e. The van der Waals surface area contributed by atoms with Gasteiger partial charge in [-0.2, -0.15) is 11.8 Å². The SMILES string of the molecule is Cc1ccc(CCC2SC(C)C(I)[C@@H]2C)c(F)c1Cl. The summed E-state index contributed by atoms with van der Waals surface area (Å²) < 4.78 is 14.8. The number of hydrogen-bond donors (Lipinski definition) is 0. The molecule has 1 heterocycles. The van der Waals surface area contributed by atoms with Gasteiger partial charge in [-0.05, 0) is 36.8 Å². The van der Waals surface area contributed by atoms with Gasteiger partial charge in [-0.25, -0.2) is 4.39 Å². The summed E-state index contributed by atoms with van der Waals surface area (Å²) in [6.45, 7) is 6.45. The van der Waals surface area contributed by atoms with Crippen molar-refractivity contribution in [3.63, 3.8) is 0 Å². The zero-order valence-electron chi connectivity index (χ0n) is 11.4. The fourth-order valence-corrected chi connectivity index (χ4v) is 5.71. The molecule has 2 rings (SSSR count). The van der Waals surface area contributed by atoms with E-state index in [1.54, 1.807) is 0 Å². The molecule has 0 spiro atoms. The van der Waals surface area contributed by atoms with Crippen LogP contribution in [0.2, 0.25) is 5.02 Å². The molecule has 3 unspecified atom stereocenters. The van der Waals surface area contributed by atoms with E-state index in [-0.39, 0.29) is 10.8 Å². The molecular weight excluding hydrogens is 394 g/mol. The lowest BCUT2D eigenvalue weighted by Crippen LogP contribution is -2.18. The summed E-state index contributed by atoms with van der Waals surface area (Å²) >= 11 is 10.6. The molecule has 1 saturated heterocycles. The predicted molar refractivity (Wildman–Crippen MR) is 92.3 cm³/mol. The molecule has 106 valence electrons. The lowest BCUT2D eigenvalue weighted by atomic mass is 9.96. The van der Waals surface area contributed by atoms with Gasteiger partial charge in [-0.1, -0.05) is 60.2 Å². The molecule has 1 aromatic rings. The van der Waals surface area contributed by atoms with Gasteiger partial charge in [0.1, 0.15) is 5.82 Å². The second kappa shape index (κ2) is 6.52. The quantitative estimate of drug-likeness (QED) is 0.456. The third-order valence-electron chi connectivity index (χ3n) is 3.98. The highest BCUT2D eigenvalue weighted by molar-refractivity contribution is 14.1. The van der Waals surface area contributed by atoms with E-state index in [0.717, 1.165) is 27.9 Å². The van der Waals surface area contributed by atoms with E-state index >= 15 is 0 Å². The fraction of sp³-hybridized carbons (Fsp3) is 0.600. The predicted octanol–water partition coefficient (Wildman–Crippen LogP) is 5.66. The average molecular weight is 413 g/mol. The third-order valence-corrected chi connectivity index (χ3v) is 8.88. The summed E-state index contributed by atoms with van der Waals surface area (Å²) in [5, 5.41) is 1.62. The first-order valence-corrected chi connectivity index (χ1v) is 9.21. The Hall–Kier alpha value is 0.520. The largest absolute Gasteiger partial charge is 0.205 e. The minimum Gasteiger partial charge on any atom is -0.205 e. The highest BCUT2D eigenvalue weighted by Crippen LogP contribution is 2.44. The lowest BCUT2D eigenvalue weighted by molar-refractivity contribution is 0.536. The van der Waals surface area contributed by atoms with E-state index in [1.165, 1.54) is 0 Å². The molecular formula is C15H19ClFIS. The van der Waals surface area contributed by atoms with Gasteiger partial charge < -0.3 is 0 Å². The Morgan fingerprint density at radius 2 is 2.05 bits per heavy atom. The highest BCUT2D eigenvalue weighted by atomic mass is 127. The molecule has 0 aromatic heterocycles. The molecule has 0 amide bonds. The zero-order chi connectivity index (χ0) is 14.2. The number of benzene rings is 1. The zero-order valence-corrected chi connectivity index (χ0v) is 15.2. The second-order valence-electron chi connectivity index (χ2n) is 5.39. The van der Waals surface area contributed by atoms with Crippen LogP contribution in [-0.2, 0) is 6.42 Å². The van der Waals surface area contributed by atoms with Crippen molar-refractivity contribution in [3.8, 4) is 0 Å². The first-order valence-electron chi connectivity index (χ1n) is 6.64. The number of aryl methyl sites for hydroxylation is 2. The maximum atomic E-state index is 14.0. The van der Waals surface area contributed by atoms with Crippen LogP contribution < -0.4 is 0 Å². The van der Waals surface area contributed by atoms with Crippen LogP contribution in [0.3, 0.4) is 0 Å². The maximum absolute atomic E-state index is 14.0. The van der Waals surface area contributed by atoms with Gasteiger partial charge >= 0.3 is 0 Å². The van der Waals surface area contributed by atoms with Crippen LogP contribution in [-0.4, -0.2) is 14.4 Å². The molecule has 0 aliphatic carbocycles. The summed E-state index contributed by atoms with van der Waals surface area (Å²) in [5.41, 5.74) is 1.57. The van der Waals surface area contributed by atoms with Gasteiger partial charge in [-0.15, -0.1) is 0 Å². The summed E-state index contributed by atoms with van der Waals surface area (Å²) in [4.78, 5) is 0. The Morgan fingerprint density at radius 3 is 2.63 bits per heavy atom. The van der Waals surface area contributed by atoms with Crippen molar-refractivity contribution < 1.29 is 4.39 Å². The lowest BCUT2D eigenvalue weighted by Gasteiger charge is -2.16. The van der Waals surface area contributed by atoms with Crippen LogP contribution >= 0.6 is 46.0 Å². The van der Waals surface area contributed by atoms with E-state index in [0.29, 0.717) is 16.4 Å². The van der Waals surface area contributed by atoms with Gasteiger partial charge in [-0.3, -0.25) is 0 Å². The molecule has 1 fully saturated rings. The first-order chi connectivity index (χ1) is 8.91. The topological polar surface area (TPSA) is 0 Å². The molecule has 0 radical (unpaired) electrons. The summed E-state index contributed by atoms with van der Waals surface area (Å²) in [6.07, 6.45) is 1.82. The number of hydrogen-bond acceptors (Lipinski definition) is 1. The van der Waals surface area contributed by atoms with Crippen molar-refractivity contribution in [2.45, 2.75) is 48.0 Å². The molecule has 0 bridgehead atoms. The van der Waals surface area contributed by atoms with Crippen LogP contribution in [0.1, 0.15) is 31.4 Å². The Morgan fingerprint density at radius 1 is 1.37 bits per heavy atom. The Kier molecular flexibility index (Phi) is 5.46. The molecule has 4 atom stereocenters. The third kappa shape index (κ3) is 3.41. The Bertz CT molecular complexity index is 466. The molecule has 1 aliphatic heterocycles. The van der Waals surface area contributed by atoms with Crippen molar-refractivity contribution in [1.29, 1.82) is 0 Å². The van der Waals surface area contributed by atoms with Gasteiger partial charge in [0, 0.05) is 14.4 Å². The second-order valence-corrected chi connectivity index (χ2v) is 8.83. The van der Waals surface area contributed by atoms with Crippen LogP contribution in [0, 0.1) is 18.7 Å².